The van der Waals surface area contributed by atoms with Crippen LogP contribution < -0.4 is 15.5 Å². The molecule has 0 radical (unpaired) electrons. The standard InChI is InChI=1S/C48H52FN13O2/c1-2-48(47-51-18-3-19-52-47)16-22-60(23-17-48)42-12-4-32(26-53-42)44-45-33(25-50)27-55-62(45)30-41(57-44)34-28-54-61(29-34)37-8-6-36(7-9-37)59-20-14-31(15-21-59)38-10-5-35(24-39(38)49)56-40-11-13-43(63)58-46(40)64/h3-5,10,12,18-19,24,26-31,36-37,40,56H,2,6-9,11,13-17,20-23H2,1H3,(H,58,63,64)/t36-,37+,40-/m1/s1. The van der Waals surface area contributed by atoms with Crippen LogP contribution in [0.3, 0.4) is 0 Å². The summed E-state index contributed by atoms with van der Waals surface area (Å²) in [7, 11) is 0. The van der Waals surface area contributed by atoms with E-state index in [9.17, 15) is 14.9 Å². The number of pyridine rings is 1. The Morgan fingerprint density at radius 1 is 0.875 bits per heavy atom. The van der Waals surface area contributed by atoms with Gasteiger partial charge in [0.1, 0.15) is 40.7 Å². The lowest BCUT2D eigenvalue weighted by Crippen LogP contribution is -2.47. The fraction of sp³-hybridized carbons (Fsp3) is 0.438. The van der Waals surface area contributed by atoms with Crippen molar-refractivity contribution in [2.24, 2.45) is 0 Å². The minimum atomic E-state index is -0.544. The van der Waals surface area contributed by atoms with E-state index in [-0.39, 0.29) is 41.4 Å². The number of fused-ring (bicyclic) bond motifs is 1. The second kappa shape index (κ2) is 17.5. The third-order valence-corrected chi connectivity index (χ3v) is 14.4. The van der Waals surface area contributed by atoms with Gasteiger partial charge in [0.2, 0.25) is 11.8 Å². The summed E-state index contributed by atoms with van der Waals surface area (Å²) in [6.45, 7) is 5.80. The molecule has 16 heteroatoms. The number of rotatable bonds is 10. The molecule has 8 heterocycles. The van der Waals surface area contributed by atoms with Crippen molar-refractivity contribution in [2.45, 2.75) is 107 Å². The number of halogens is 1. The molecule has 0 bridgehead atoms. The molecule has 6 aromatic rings. The van der Waals surface area contributed by atoms with Crippen LogP contribution in [-0.4, -0.2) is 94.3 Å². The van der Waals surface area contributed by atoms with Gasteiger partial charge in [-0.2, -0.15) is 15.5 Å². The summed E-state index contributed by atoms with van der Waals surface area (Å²) < 4.78 is 19.2. The summed E-state index contributed by atoms with van der Waals surface area (Å²) in [5.74, 6) is 1.09. The topological polar surface area (TPSA) is 175 Å². The molecule has 2 N–H and O–H groups in total. The number of anilines is 2. The van der Waals surface area contributed by atoms with Crippen molar-refractivity contribution >= 4 is 28.8 Å². The number of nitrogens with one attached hydrogen (secondary N) is 2. The van der Waals surface area contributed by atoms with Crippen molar-refractivity contribution in [2.75, 3.05) is 36.4 Å². The number of carbonyl (C=O) groups excluding carboxylic acids is 2. The lowest BCUT2D eigenvalue weighted by molar-refractivity contribution is -0.133. The van der Waals surface area contributed by atoms with Gasteiger partial charge in [-0.25, -0.2) is 28.8 Å². The van der Waals surface area contributed by atoms with Gasteiger partial charge in [-0.15, -0.1) is 0 Å². The van der Waals surface area contributed by atoms with E-state index in [0.29, 0.717) is 40.6 Å². The molecule has 1 aliphatic carbocycles. The Morgan fingerprint density at radius 2 is 1.66 bits per heavy atom. The number of piperidine rings is 3. The second-order valence-electron chi connectivity index (χ2n) is 17.9. The van der Waals surface area contributed by atoms with E-state index in [0.717, 1.165) is 112 Å². The number of nitriles is 1. The Morgan fingerprint density at radius 3 is 2.36 bits per heavy atom. The van der Waals surface area contributed by atoms with E-state index in [1.165, 1.54) is 6.07 Å². The highest BCUT2D eigenvalue weighted by atomic mass is 19.1. The van der Waals surface area contributed by atoms with Crippen LogP contribution in [0.5, 0.6) is 0 Å². The van der Waals surface area contributed by atoms with Gasteiger partial charge < -0.3 is 15.1 Å². The Kier molecular flexibility index (Phi) is 11.3. The molecule has 2 amide bonds. The minimum absolute atomic E-state index is 0.0294. The van der Waals surface area contributed by atoms with E-state index < -0.39 is 6.04 Å². The fourth-order valence-electron chi connectivity index (χ4n) is 10.5. The molecule has 4 fully saturated rings. The molecule has 64 heavy (non-hydrogen) atoms. The smallest absolute Gasteiger partial charge is 0.249 e. The van der Waals surface area contributed by atoms with Crippen LogP contribution in [0.25, 0.3) is 28.0 Å². The maximum Gasteiger partial charge on any atom is 0.249 e. The molecule has 3 saturated heterocycles. The summed E-state index contributed by atoms with van der Waals surface area (Å²) >= 11 is 0. The molecule has 0 unspecified atom stereocenters. The Labute approximate surface area is 371 Å². The lowest BCUT2D eigenvalue weighted by atomic mass is 9.75. The van der Waals surface area contributed by atoms with Crippen LogP contribution in [0, 0.1) is 17.1 Å². The summed E-state index contributed by atoms with van der Waals surface area (Å²) in [4.78, 5) is 47.9. The molecule has 1 atom stereocenters. The quantitative estimate of drug-likeness (QED) is 0.135. The summed E-state index contributed by atoms with van der Waals surface area (Å²) in [5.41, 5.74) is 5.40. The monoisotopic (exact) mass is 861 g/mol. The average molecular weight is 862 g/mol. The molecule has 4 aliphatic rings. The molecule has 0 spiro atoms. The van der Waals surface area contributed by atoms with Crippen molar-refractivity contribution in [3.05, 3.63) is 103 Å². The zero-order valence-corrected chi connectivity index (χ0v) is 36.0. The first-order valence-electron chi connectivity index (χ1n) is 22.7. The van der Waals surface area contributed by atoms with E-state index in [1.807, 2.05) is 61.3 Å². The van der Waals surface area contributed by atoms with Gasteiger partial charge in [0.05, 0.1) is 36.0 Å². The number of benzene rings is 1. The molecular weight excluding hydrogens is 810 g/mol. The Balaban J connectivity index is 0.765. The number of hydrogen-bond acceptors (Lipinski definition) is 12. The first-order chi connectivity index (χ1) is 31.3. The number of aromatic nitrogens is 8. The highest BCUT2D eigenvalue weighted by Gasteiger charge is 2.38. The normalized spacial score (nSPS) is 22.0. The number of hydrogen-bond donors (Lipinski definition) is 2. The maximum absolute atomic E-state index is 15.4. The van der Waals surface area contributed by atoms with E-state index in [4.69, 9.17) is 15.1 Å². The van der Waals surface area contributed by atoms with E-state index in [1.54, 1.807) is 10.7 Å². The van der Waals surface area contributed by atoms with Gasteiger partial charge in [-0.3, -0.25) is 19.6 Å². The van der Waals surface area contributed by atoms with Gasteiger partial charge in [-0.05, 0) is 119 Å². The van der Waals surface area contributed by atoms with Gasteiger partial charge >= 0.3 is 0 Å². The van der Waals surface area contributed by atoms with Gasteiger partial charge in [0, 0.05) is 72.6 Å². The number of amides is 2. The van der Waals surface area contributed by atoms with E-state index in [2.05, 4.69) is 59.4 Å². The molecule has 1 saturated carbocycles. The first-order valence-corrected chi connectivity index (χ1v) is 22.7. The van der Waals surface area contributed by atoms with Crippen LogP contribution in [-0.2, 0) is 15.0 Å². The number of nitrogens with zero attached hydrogens (tertiary/aromatic N) is 11. The second-order valence-corrected chi connectivity index (χ2v) is 17.9. The van der Waals surface area contributed by atoms with Crippen molar-refractivity contribution in [1.82, 2.24) is 49.5 Å². The van der Waals surface area contributed by atoms with Gasteiger partial charge in [0.15, 0.2) is 0 Å². The fourth-order valence-corrected chi connectivity index (χ4v) is 10.5. The van der Waals surface area contributed by atoms with Gasteiger partial charge in [0.25, 0.3) is 0 Å². The van der Waals surface area contributed by atoms with Crippen LogP contribution in [0.1, 0.15) is 106 Å². The SMILES string of the molecule is CCC1(c2ncccn2)CCN(c2ccc(-c3nc(-c4cnn([C@H]5CC[C@@H](N6CCC(c7ccc(N[C@@H]8CCC(=O)NC8=O)cc7F)CC6)CC5)c4)cn4ncc(C#N)c34)cn2)CC1. The molecule has 5 aromatic heterocycles. The molecule has 328 valence electrons. The molecular formula is C48H52FN13O2. The zero-order valence-electron chi connectivity index (χ0n) is 36.0. The maximum atomic E-state index is 15.4. The van der Waals surface area contributed by atoms with E-state index >= 15 is 4.39 Å². The third kappa shape index (κ3) is 8.09. The van der Waals surface area contributed by atoms with Crippen molar-refractivity contribution in [3.63, 3.8) is 0 Å². The van der Waals surface area contributed by atoms with Crippen LogP contribution in [0.4, 0.5) is 15.9 Å². The zero-order chi connectivity index (χ0) is 43.8. The number of imide groups is 1. The predicted molar refractivity (Wildman–Crippen MR) is 239 cm³/mol. The minimum Gasteiger partial charge on any atom is -0.374 e. The van der Waals surface area contributed by atoms with Crippen LogP contribution in [0.2, 0.25) is 0 Å². The van der Waals surface area contributed by atoms with Crippen LogP contribution >= 0.6 is 0 Å². The first kappa shape index (κ1) is 41.4. The van der Waals surface area contributed by atoms with Crippen molar-refractivity contribution < 1.29 is 14.0 Å². The predicted octanol–water partition coefficient (Wildman–Crippen LogP) is 6.98. The largest absolute Gasteiger partial charge is 0.374 e. The summed E-state index contributed by atoms with van der Waals surface area (Å²) in [6, 6.07) is 13.6. The average Bonchev–Trinajstić information content (AvgIpc) is 4.01. The summed E-state index contributed by atoms with van der Waals surface area (Å²) in [5, 5.41) is 24.8. The molecule has 1 aromatic carbocycles. The number of likely N-dealkylation sites (tertiary alicyclic amines) is 1. The van der Waals surface area contributed by atoms with Crippen molar-refractivity contribution in [1.29, 1.82) is 5.26 Å². The Bertz CT molecular complexity index is 2690. The highest BCUT2D eigenvalue weighted by molar-refractivity contribution is 6.01. The molecule has 15 nitrogen and oxygen atoms in total. The summed E-state index contributed by atoms with van der Waals surface area (Å²) in [6.07, 6.45) is 22.4. The lowest BCUT2D eigenvalue weighted by Gasteiger charge is -2.41. The van der Waals surface area contributed by atoms with Crippen LogP contribution in [0.15, 0.2) is 79.8 Å². The molecule has 10 rings (SSSR count). The Hall–Kier alpha value is -6.60. The molecule has 3 aliphatic heterocycles. The third-order valence-electron chi connectivity index (χ3n) is 14.4. The number of carbonyl (C=O) groups is 2. The van der Waals surface area contributed by atoms with Gasteiger partial charge in [-0.1, -0.05) is 13.0 Å². The van der Waals surface area contributed by atoms with Crippen molar-refractivity contribution in [3.8, 4) is 28.6 Å². The highest BCUT2D eigenvalue weighted by Crippen LogP contribution is 2.39.